The third-order valence-corrected chi connectivity index (χ3v) is 2.06. The van der Waals surface area contributed by atoms with Crippen LogP contribution in [0, 0.1) is 0 Å². The number of carboxylic acid groups (broad SMARTS) is 1. The van der Waals surface area contributed by atoms with Gasteiger partial charge in [-0.05, 0) is 17.7 Å². The molecule has 0 unspecified atom stereocenters. The van der Waals surface area contributed by atoms with Crippen LogP contribution in [0.5, 0.6) is 5.75 Å². The number of halogens is 2. The second kappa shape index (κ2) is 4.44. The molecule has 0 saturated heterocycles. The monoisotopic (exact) mass is 232 g/mol. The molecule has 88 valence electrons. The Kier molecular flexibility index (Phi) is 3.44. The number of hydrogen-bond donors (Lipinski definition) is 2. The lowest BCUT2D eigenvalue weighted by molar-refractivity contribution is -0.182. The number of aliphatic hydroxyl groups is 1. The van der Waals surface area contributed by atoms with E-state index < -0.39 is 18.0 Å². The highest BCUT2D eigenvalue weighted by Gasteiger charge is 2.47. The van der Waals surface area contributed by atoms with Crippen molar-refractivity contribution in [2.75, 3.05) is 7.11 Å². The van der Waals surface area contributed by atoms with Crippen molar-refractivity contribution in [1.29, 1.82) is 0 Å². The minimum Gasteiger partial charge on any atom is -0.497 e. The Labute approximate surface area is 90.1 Å². The number of methoxy groups -OCH3 is 1. The van der Waals surface area contributed by atoms with Crippen LogP contribution in [0.15, 0.2) is 24.3 Å². The Hall–Kier alpha value is -1.69. The van der Waals surface area contributed by atoms with Gasteiger partial charge in [0.25, 0.3) is 0 Å². The van der Waals surface area contributed by atoms with Crippen molar-refractivity contribution in [1.82, 2.24) is 0 Å². The van der Waals surface area contributed by atoms with E-state index in [1.54, 1.807) is 0 Å². The number of aliphatic hydroxyl groups excluding tert-OH is 1. The maximum absolute atomic E-state index is 12.9. The van der Waals surface area contributed by atoms with E-state index in [0.717, 1.165) is 0 Å². The van der Waals surface area contributed by atoms with Crippen LogP contribution in [-0.4, -0.2) is 29.2 Å². The number of benzene rings is 1. The first kappa shape index (κ1) is 12.4. The molecule has 1 atom stereocenters. The second-order valence-corrected chi connectivity index (χ2v) is 3.10. The maximum Gasteiger partial charge on any atom is 0.377 e. The number of aliphatic carboxylic acids is 1. The zero-order valence-electron chi connectivity index (χ0n) is 8.35. The molecule has 0 fully saturated rings. The number of alkyl halides is 2. The molecule has 0 amide bonds. The van der Waals surface area contributed by atoms with Crippen LogP contribution in [0.2, 0.25) is 0 Å². The minimum absolute atomic E-state index is 0.187. The SMILES string of the molecule is COc1ccc([C@@H](O)C(F)(F)C(=O)O)cc1. The predicted octanol–water partition coefficient (Wildman–Crippen LogP) is 1.45. The zero-order valence-corrected chi connectivity index (χ0v) is 8.35. The Morgan fingerprint density at radius 3 is 2.25 bits per heavy atom. The molecule has 1 rings (SSSR count). The molecule has 6 heteroatoms. The Morgan fingerprint density at radius 2 is 1.88 bits per heavy atom. The molecule has 1 aromatic rings. The Morgan fingerprint density at radius 1 is 1.38 bits per heavy atom. The summed E-state index contributed by atoms with van der Waals surface area (Å²) in [5, 5.41) is 17.4. The average molecular weight is 232 g/mol. The van der Waals surface area contributed by atoms with Crippen molar-refractivity contribution in [3.05, 3.63) is 29.8 Å². The highest BCUT2D eigenvalue weighted by atomic mass is 19.3. The topological polar surface area (TPSA) is 66.8 Å². The van der Waals surface area contributed by atoms with Crippen molar-refractivity contribution in [3.63, 3.8) is 0 Å². The first-order valence-electron chi connectivity index (χ1n) is 4.32. The highest BCUT2D eigenvalue weighted by molar-refractivity contribution is 5.76. The molecule has 2 N–H and O–H groups in total. The fraction of sp³-hybridized carbons (Fsp3) is 0.300. The van der Waals surface area contributed by atoms with E-state index >= 15 is 0 Å². The van der Waals surface area contributed by atoms with Crippen LogP contribution < -0.4 is 4.74 Å². The van der Waals surface area contributed by atoms with E-state index in [4.69, 9.17) is 9.84 Å². The van der Waals surface area contributed by atoms with Gasteiger partial charge >= 0.3 is 11.9 Å². The van der Waals surface area contributed by atoms with Gasteiger partial charge in [-0.3, -0.25) is 0 Å². The molecule has 0 aromatic heterocycles. The van der Waals surface area contributed by atoms with Crippen LogP contribution in [0.3, 0.4) is 0 Å². The van der Waals surface area contributed by atoms with Crippen molar-refractivity contribution in [2.45, 2.75) is 12.0 Å². The lowest BCUT2D eigenvalue weighted by Crippen LogP contribution is -2.35. The fourth-order valence-corrected chi connectivity index (χ4v) is 1.11. The van der Waals surface area contributed by atoms with Crippen LogP contribution in [0.4, 0.5) is 8.78 Å². The largest absolute Gasteiger partial charge is 0.497 e. The minimum atomic E-state index is -4.21. The quantitative estimate of drug-likeness (QED) is 0.824. The van der Waals surface area contributed by atoms with Gasteiger partial charge in [-0.2, -0.15) is 8.78 Å². The van der Waals surface area contributed by atoms with E-state index in [9.17, 15) is 18.7 Å². The number of ether oxygens (including phenoxy) is 1. The predicted molar refractivity (Wildman–Crippen MR) is 50.5 cm³/mol. The highest BCUT2D eigenvalue weighted by Crippen LogP contribution is 2.32. The summed E-state index contributed by atoms with van der Waals surface area (Å²) in [5.74, 6) is -6.15. The first-order valence-corrected chi connectivity index (χ1v) is 4.32. The number of carbonyl (C=O) groups is 1. The summed E-state index contributed by atoms with van der Waals surface area (Å²) < 4.78 is 30.7. The Balaban J connectivity index is 2.96. The zero-order chi connectivity index (χ0) is 12.3. The van der Waals surface area contributed by atoms with Crippen molar-refractivity contribution in [3.8, 4) is 5.75 Å². The first-order chi connectivity index (χ1) is 7.39. The molecular formula is C10H10F2O4. The molecule has 16 heavy (non-hydrogen) atoms. The van der Waals surface area contributed by atoms with Crippen LogP contribution in [-0.2, 0) is 4.79 Å². The smallest absolute Gasteiger partial charge is 0.377 e. The third-order valence-electron chi connectivity index (χ3n) is 2.06. The third kappa shape index (κ3) is 2.27. The summed E-state index contributed by atoms with van der Waals surface area (Å²) in [4.78, 5) is 10.2. The van der Waals surface area contributed by atoms with Gasteiger partial charge in [0.05, 0.1) is 7.11 Å². The second-order valence-electron chi connectivity index (χ2n) is 3.10. The molecule has 0 aliphatic rings. The molecule has 0 spiro atoms. The van der Waals surface area contributed by atoms with Crippen molar-refractivity contribution in [2.24, 2.45) is 0 Å². The lowest BCUT2D eigenvalue weighted by Gasteiger charge is -2.18. The van der Waals surface area contributed by atoms with E-state index in [1.165, 1.54) is 31.4 Å². The summed E-state index contributed by atoms with van der Waals surface area (Å²) in [7, 11) is 1.40. The standard InChI is InChI=1S/C10H10F2O4/c1-16-7-4-2-6(3-5-7)8(13)10(11,12)9(14)15/h2-5,8,13H,1H3,(H,14,15)/t8-/m1/s1. The van der Waals surface area contributed by atoms with E-state index in [0.29, 0.717) is 5.75 Å². The van der Waals surface area contributed by atoms with Gasteiger partial charge in [0.1, 0.15) is 5.75 Å². The fourth-order valence-electron chi connectivity index (χ4n) is 1.11. The molecule has 0 radical (unpaired) electrons. The molecule has 4 nitrogen and oxygen atoms in total. The normalized spacial score (nSPS) is 13.2. The average Bonchev–Trinajstić information content (AvgIpc) is 2.28. The molecule has 1 aromatic carbocycles. The molecule has 0 aliphatic carbocycles. The van der Waals surface area contributed by atoms with Crippen molar-refractivity contribution >= 4 is 5.97 Å². The van der Waals surface area contributed by atoms with Crippen LogP contribution in [0.1, 0.15) is 11.7 Å². The van der Waals surface area contributed by atoms with Crippen molar-refractivity contribution < 1.29 is 28.5 Å². The molecular weight excluding hydrogens is 222 g/mol. The maximum atomic E-state index is 12.9. The van der Waals surface area contributed by atoms with E-state index in [1.807, 2.05) is 0 Å². The van der Waals surface area contributed by atoms with Gasteiger partial charge in [0.15, 0.2) is 6.10 Å². The van der Waals surface area contributed by atoms with Gasteiger partial charge in [-0.15, -0.1) is 0 Å². The molecule has 0 heterocycles. The Bertz CT molecular complexity index is 375. The number of rotatable bonds is 4. The van der Waals surface area contributed by atoms with Gasteiger partial charge in [-0.25, -0.2) is 4.79 Å². The summed E-state index contributed by atoms with van der Waals surface area (Å²) in [6.45, 7) is 0. The summed E-state index contributed by atoms with van der Waals surface area (Å²) in [5.41, 5.74) is -0.187. The van der Waals surface area contributed by atoms with E-state index in [-0.39, 0.29) is 5.56 Å². The number of carboxylic acids is 1. The van der Waals surface area contributed by atoms with Gasteiger partial charge < -0.3 is 14.9 Å². The summed E-state index contributed by atoms with van der Waals surface area (Å²) >= 11 is 0. The summed E-state index contributed by atoms with van der Waals surface area (Å²) in [6, 6.07) is 5.08. The van der Waals surface area contributed by atoms with Crippen LogP contribution >= 0.6 is 0 Å². The van der Waals surface area contributed by atoms with Gasteiger partial charge in [0, 0.05) is 0 Å². The lowest BCUT2D eigenvalue weighted by atomic mass is 10.0. The molecule has 0 aliphatic heterocycles. The summed E-state index contributed by atoms with van der Waals surface area (Å²) in [6.07, 6.45) is -2.38. The molecule has 0 saturated carbocycles. The van der Waals surface area contributed by atoms with E-state index in [2.05, 4.69) is 0 Å². The number of hydrogen-bond acceptors (Lipinski definition) is 3. The molecule has 0 bridgehead atoms. The van der Waals surface area contributed by atoms with Gasteiger partial charge in [0.2, 0.25) is 0 Å². The van der Waals surface area contributed by atoms with Gasteiger partial charge in [-0.1, -0.05) is 12.1 Å². The van der Waals surface area contributed by atoms with Crippen LogP contribution in [0.25, 0.3) is 0 Å².